The minimum atomic E-state index is 0.549. The number of aromatic nitrogens is 3. The Morgan fingerprint density at radius 2 is 2.29 bits per heavy atom. The third kappa shape index (κ3) is 4.03. The van der Waals surface area contributed by atoms with Crippen molar-refractivity contribution in [1.29, 1.82) is 0 Å². The summed E-state index contributed by atoms with van der Waals surface area (Å²) in [6, 6.07) is 0. The Bertz CT molecular complexity index is 565. The molecule has 7 heteroatoms. The predicted molar refractivity (Wildman–Crippen MR) is 85.5 cm³/mol. The van der Waals surface area contributed by atoms with E-state index in [-0.39, 0.29) is 0 Å². The van der Waals surface area contributed by atoms with Crippen molar-refractivity contribution in [1.82, 2.24) is 19.9 Å². The molecule has 0 unspecified atom stereocenters. The normalized spacial score (nSPS) is 11.0. The third-order valence-electron chi connectivity index (χ3n) is 3.21. The third-order valence-corrected chi connectivity index (χ3v) is 4.42. The van der Waals surface area contributed by atoms with Crippen molar-refractivity contribution < 1.29 is 4.74 Å². The van der Waals surface area contributed by atoms with Gasteiger partial charge in [0.1, 0.15) is 5.82 Å². The Labute approximate surface area is 129 Å². The number of rotatable bonds is 8. The molecule has 2 rings (SSSR count). The lowest BCUT2D eigenvalue weighted by molar-refractivity contribution is 0.181. The highest BCUT2D eigenvalue weighted by Crippen LogP contribution is 2.27. The van der Waals surface area contributed by atoms with Crippen LogP contribution in [0.25, 0.3) is 0 Å². The molecule has 0 radical (unpaired) electrons. The largest absolute Gasteiger partial charge is 0.378 e. The molecule has 0 spiro atoms. The van der Waals surface area contributed by atoms with Gasteiger partial charge in [0.25, 0.3) is 0 Å². The number of methoxy groups -OCH3 is 1. The van der Waals surface area contributed by atoms with Gasteiger partial charge in [-0.1, -0.05) is 6.92 Å². The molecular formula is C14H23N5OS. The molecule has 21 heavy (non-hydrogen) atoms. The maximum atomic E-state index is 5.25. The van der Waals surface area contributed by atoms with Crippen molar-refractivity contribution in [3.05, 3.63) is 28.8 Å². The first-order valence-electron chi connectivity index (χ1n) is 7.01. The van der Waals surface area contributed by atoms with Crippen molar-refractivity contribution in [2.45, 2.75) is 26.6 Å². The summed E-state index contributed by atoms with van der Waals surface area (Å²) >= 11 is 1.71. The highest BCUT2D eigenvalue weighted by Gasteiger charge is 2.15. The fraction of sp³-hybridized carbons (Fsp3) is 0.571. The van der Waals surface area contributed by atoms with Crippen LogP contribution in [0.5, 0.6) is 0 Å². The molecule has 0 bridgehead atoms. The van der Waals surface area contributed by atoms with E-state index in [1.165, 1.54) is 4.88 Å². The SMILES string of the molecule is CCNCc1sc(N(C)Cc2nccn2C)nc1COC. The quantitative estimate of drug-likeness (QED) is 0.805. The zero-order valence-corrected chi connectivity index (χ0v) is 13.9. The average molecular weight is 309 g/mol. The first-order valence-corrected chi connectivity index (χ1v) is 7.82. The first kappa shape index (κ1) is 15.9. The molecular weight excluding hydrogens is 286 g/mol. The minimum Gasteiger partial charge on any atom is -0.378 e. The van der Waals surface area contributed by atoms with Gasteiger partial charge in [-0.05, 0) is 6.54 Å². The molecule has 1 N–H and O–H groups in total. The molecule has 0 fully saturated rings. The van der Waals surface area contributed by atoms with E-state index in [0.717, 1.165) is 36.3 Å². The van der Waals surface area contributed by atoms with E-state index in [2.05, 4.69) is 22.1 Å². The Balaban J connectivity index is 2.12. The molecule has 6 nitrogen and oxygen atoms in total. The summed E-state index contributed by atoms with van der Waals surface area (Å²) in [6.07, 6.45) is 3.77. The van der Waals surface area contributed by atoms with Crippen LogP contribution in [-0.2, 0) is 31.5 Å². The molecule has 2 aromatic heterocycles. The Morgan fingerprint density at radius 3 is 2.90 bits per heavy atom. The van der Waals surface area contributed by atoms with Gasteiger partial charge in [-0.25, -0.2) is 9.97 Å². The van der Waals surface area contributed by atoms with E-state index >= 15 is 0 Å². The number of hydrogen-bond donors (Lipinski definition) is 1. The highest BCUT2D eigenvalue weighted by molar-refractivity contribution is 7.15. The van der Waals surface area contributed by atoms with Crippen molar-refractivity contribution in [2.24, 2.45) is 7.05 Å². The smallest absolute Gasteiger partial charge is 0.186 e. The van der Waals surface area contributed by atoms with Crippen molar-refractivity contribution in [2.75, 3.05) is 25.6 Å². The Hall–Kier alpha value is -1.44. The zero-order valence-electron chi connectivity index (χ0n) is 13.1. The summed E-state index contributed by atoms with van der Waals surface area (Å²) in [5, 5.41) is 4.35. The second-order valence-electron chi connectivity index (χ2n) is 4.89. The number of anilines is 1. The van der Waals surface area contributed by atoms with E-state index in [1.807, 2.05) is 31.1 Å². The van der Waals surface area contributed by atoms with Gasteiger partial charge in [0.05, 0.1) is 18.8 Å². The molecule has 0 aliphatic rings. The van der Waals surface area contributed by atoms with Crippen LogP contribution in [0.15, 0.2) is 12.4 Å². The number of aryl methyl sites for hydroxylation is 1. The van der Waals surface area contributed by atoms with Gasteiger partial charge in [-0.15, -0.1) is 11.3 Å². The predicted octanol–water partition coefficient (Wildman–Crippen LogP) is 1.77. The zero-order chi connectivity index (χ0) is 15.2. The monoisotopic (exact) mass is 309 g/mol. The fourth-order valence-corrected chi connectivity index (χ4v) is 2.98. The summed E-state index contributed by atoms with van der Waals surface area (Å²) in [6.45, 7) is 5.18. The lowest BCUT2D eigenvalue weighted by atomic mass is 10.3. The van der Waals surface area contributed by atoms with Gasteiger partial charge in [0, 0.05) is 45.0 Å². The molecule has 116 valence electrons. The van der Waals surface area contributed by atoms with Gasteiger partial charge in [-0.2, -0.15) is 0 Å². The van der Waals surface area contributed by atoms with E-state index in [0.29, 0.717) is 6.61 Å². The van der Waals surface area contributed by atoms with Crippen LogP contribution >= 0.6 is 11.3 Å². The van der Waals surface area contributed by atoms with E-state index in [9.17, 15) is 0 Å². The highest BCUT2D eigenvalue weighted by atomic mass is 32.1. The molecule has 0 aromatic carbocycles. The number of imidazole rings is 1. The summed E-state index contributed by atoms with van der Waals surface area (Å²) in [5.74, 6) is 1.02. The van der Waals surface area contributed by atoms with Crippen LogP contribution in [-0.4, -0.2) is 35.2 Å². The Kier molecular flexibility index (Phi) is 5.72. The molecule has 0 saturated carbocycles. The van der Waals surface area contributed by atoms with E-state index < -0.39 is 0 Å². The molecule has 0 aliphatic heterocycles. The standard InChI is InChI=1S/C14H23N5OS/c1-5-15-8-12-11(10-20-4)17-14(21-12)19(3)9-13-16-6-7-18(13)2/h6-7,15H,5,8-10H2,1-4H3. The summed E-state index contributed by atoms with van der Waals surface area (Å²) in [4.78, 5) is 12.4. The summed E-state index contributed by atoms with van der Waals surface area (Å²) < 4.78 is 7.28. The van der Waals surface area contributed by atoms with Crippen molar-refractivity contribution in [3.8, 4) is 0 Å². The number of nitrogens with one attached hydrogen (secondary N) is 1. The first-order chi connectivity index (χ1) is 10.2. The molecule has 2 aromatic rings. The number of ether oxygens (including phenoxy) is 1. The van der Waals surface area contributed by atoms with Gasteiger partial charge in [0.15, 0.2) is 5.13 Å². The lowest BCUT2D eigenvalue weighted by Gasteiger charge is -2.15. The van der Waals surface area contributed by atoms with Gasteiger partial charge in [-0.3, -0.25) is 0 Å². The molecule has 0 aliphatic carbocycles. The molecule has 0 saturated heterocycles. The van der Waals surface area contributed by atoms with Crippen molar-refractivity contribution >= 4 is 16.5 Å². The maximum Gasteiger partial charge on any atom is 0.186 e. The maximum absolute atomic E-state index is 5.25. The fourth-order valence-electron chi connectivity index (χ4n) is 1.99. The van der Waals surface area contributed by atoms with Crippen LogP contribution in [0.3, 0.4) is 0 Å². The Morgan fingerprint density at radius 1 is 1.48 bits per heavy atom. The van der Waals surface area contributed by atoms with E-state index in [1.54, 1.807) is 18.4 Å². The summed E-state index contributed by atoms with van der Waals surface area (Å²) in [5.41, 5.74) is 1.02. The van der Waals surface area contributed by atoms with Gasteiger partial charge in [0.2, 0.25) is 0 Å². The minimum absolute atomic E-state index is 0.549. The van der Waals surface area contributed by atoms with Crippen LogP contribution in [0.4, 0.5) is 5.13 Å². The number of hydrogen-bond acceptors (Lipinski definition) is 6. The van der Waals surface area contributed by atoms with Crippen molar-refractivity contribution in [3.63, 3.8) is 0 Å². The molecule has 0 atom stereocenters. The van der Waals surface area contributed by atoms with E-state index in [4.69, 9.17) is 9.72 Å². The second-order valence-corrected chi connectivity index (χ2v) is 5.95. The topological polar surface area (TPSA) is 55.2 Å². The number of thiazole rings is 1. The van der Waals surface area contributed by atoms with Crippen LogP contribution in [0.1, 0.15) is 23.3 Å². The summed E-state index contributed by atoms with van der Waals surface area (Å²) in [7, 11) is 5.75. The second kappa shape index (κ2) is 7.53. The van der Waals surface area contributed by atoms with Crippen LogP contribution < -0.4 is 10.2 Å². The lowest BCUT2D eigenvalue weighted by Crippen LogP contribution is -2.18. The number of nitrogens with zero attached hydrogens (tertiary/aromatic N) is 4. The molecule has 2 heterocycles. The molecule has 0 amide bonds. The van der Waals surface area contributed by atoms with Crippen LogP contribution in [0.2, 0.25) is 0 Å². The van der Waals surface area contributed by atoms with Gasteiger partial charge < -0.3 is 19.5 Å². The average Bonchev–Trinajstić information content (AvgIpc) is 3.04. The van der Waals surface area contributed by atoms with Gasteiger partial charge >= 0.3 is 0 Å². The van der Waals surface area contributed by atoms with Crippen LogP contribution in [0, 0.1) is 0 Å².